The number of carbonyl (C=O) groups excluding carboxylic acids is 2. The van der Waals surface area contributed by atoms with E-state index in [4.69, 9.17) is 9.47 Å². The van der Waals surface area contributed by atoms with E-state index < -0.39 is 11.5 Å². The molecule has 0 bridgehead atoms. The highest BCUT2D eigenvalue weighted by Crippen LogP contribution is 2.32. The summed E-state index contributed by atoms with van der Waals surface area (Å²) in [6.45, 7) is 1.88. The van der Waals surface area contributed by atoms with Gasteiger partial charge in [-0.1, -0.05) is 38.2 Å². The van der Waals surface area contributed by atoms with Crippen LogP contribution in [0, 0.1) is 5.92 Å². The van der Waals surface area contributed by atoms with Crippen molar-refractivity contribution in [2.24, 2.45) is 5.92 Å². The summed E-state index contributed by atoms with van der Waals surface area (Å²) in [5.74, 6) is 0.378. The largest absolute Gasteiger partial charge is 0.497 e. The minimum Gasteiger partial charge on any atom is -0.497 e. The molecule has 1 saturated carbocycles. The number of benzene rings is 1. The Kier molecular flexibility index (Phi) is 7.62. The minimum atomic E-state index is -0.628. The zero-order valence-electron chi connectivity index (χ0n) is 19.5. The topological polar surface area (TPSA) is 99.5 Å². The lowest BCUT2D eigenvalue weighted by Gasteiger charge is -2.20. The molecule has 4 rings (SSSR count). The summed E-state index contributed by atoms with van der Waals surface area (Å²) in [7, 11) is 1.53. The van der Waals surface area contributed by atoms with E-state index >= 15 is 0 Å². The molecule has 1 aliphatic carbocycles. The first-order valence-electron chi connectivity index (χ1n) is 11.7. The number of esters is 1. The highest BCUT2D eigenvalue weighted by molar-refractivity contribution is 7.16. The minimum absolute atomic E-state index is 0.0261. The number of hydrogen-bond acceptors (Lipinski definition) is 7. The maximum absolute atomic E-state index is 13.5. The second-order valence-corrected chi connectivity index (χ2v) is 9.31. The third-order valence-electron chi connectivity index (χ3n) is 6.18. The molecule has 1 aromatic carbocycles. The fraction of sp³-hybridized carbons (Fsp3) is 0.440. The molecular weight excluding hydrogens is 454 g/mol. The summed E-state index contributed by atoms with van der Waals surface area (Å²) in [4.78, 5) is 38.9. The number of carbonyl (C=O) groups is 2. The molecule has 0 radical (unpaired) electrons. The zero-order valence-corrected chi connectivity index (χ0v) is 20.3. The van der Waals surface area contributed by atoms with Gasteiger partial charge in [-0.2, -0.15) is 9.78 Å². The van der Waals surface area contributed by atoms with E-state index in [1.54, 1.807) is 36.6 Å². The summed E-state index contributed by atoms with van der Waals surface area (Å²) in [5.41, 5.74) is 0.0379. The van der Waals surface area contributed by atoms with Gasteiger partial charge in [-0.05, 0) is 31.4 Å². The molecule has 0 atom stereocenters. The van der Waals surface area contributed by atoms with E-state index in [0.717, 1.165) is 11.1 Å². The van der Waals surface area contributed by atoms with Gasteiger partial charge in [-0.3, -0.25) is 9.59 Å². The molecule has 0 aliphatic heterocycles. The standard InChI is InChI=1S/C25H29N3O5S/c1-3-33-25(31)22-19-15-34-23(26-20(29)13-12-16-8-5-4-6-9-16)21(19)24(30)28(27-22)17-10-7-11-18(14-17)32-2/h7,10-11,14-16H,3-6,8-9,12-13H2,1-2H3,(H,26,29). The Morgan fingerprint density at radius 3 is 2.76 bits per heavy atom. The second kappa shape index (κ2) is 10.8. The summed E-state index contributed by atoms with van der Waals surface area (Å²) < 4.78 is 11.6. The maximum Gasteiger partial charge on any atom is 0.359 e. The van der Waals surface area contributed by atoms with E-state index in [-0.39, 0.29) is 23.6 Å². The van der Waals surface area contributed by atoms with E-state index in [0.29, 0.717) is 34.2 Å². The molecule has 1 aliphatic rings. The van der Waals surface area contributed by atoms with Crippen LogP contribution in [0.4, 0.5) is 5.00 Å². The fourth-order valence-electron chi connectivity index (χ4n) is 4.41. The van der Waals surface area contributed by atoms with Gasteiger partial charge in [0.15, 0.2) is 5.69 Å². The van der Waals surface area contributed by atoms with Gasteiger partial charge in [0.25, 0.3) is 5.56 Å². The van der Waals surface area contributed by atoms with Crippen LogP contribution >= 0.6 is 11.3 Å². The molecule has 0 saturated heterocycles. The lowest BCUT2D eigenvalue weighted by molar-refractivity contribution is -0.116. The van der Waals surface area contributed by atoms with Gasteiger partial charge in [0.2, 0.25) is 5.91 Å². The number of anilines is 1. The normalized spacial score (nSPS) is 14.2. The van der Waals surface area contributed by atoms with Crippen LogP contribution in [0.5, 0.6) is 5.75 Å². The molecule has 1 amide bonds. The average molecular weight is 484 g/mol. The smallest absolute Gasteiger partial charge is 0.359 e. The number of rotatable bonds is 8. The van der Waals surface area contributed by atoms with Gasteiger partial charge in [-0.25, -0.2) is 4.79 Å². The van der Waals surface area contributed by atoms with E-state index in [1.165, 1.54) is 50.6 Å². The van der Waals surface area contributed by atoms with Gasteiger partial charge in [0.1, 0.15) is 10.8 Å². The number of nitrogens with one attached hydrogen (secondary N) is 1. The SMILES string of the molecule is CCOC(=O)c1nn(-c2cccc(OC)c2)c(=O)c2c(NC(=O)CCC3CCCCC3)scc12. The Balaban J connectivity index is 1.70. The Bertz CT molecular complexity index is 1240. The van der Waals surface area contributed by atoms with Crippen LogP contribution in [0.3, 0.4) is 0 Å². The molecule has 2 aromatic heterocycles. The molecule has 9 heteroatoms. The molecule has 0 unspecified atom stereocenters. The van der Waals surface area contributed by atoms with Crippen molar-refractivity contribution in [3.05, 3.63) is 45.7 Å². The number of thiophene rings is 1. The molecule has 2 heterocycles. The number of fused-ring (bicyclic) bond motifs is 1. The average Bonchev–Trinajstić information content (AvgIpc) is 3.27. The van der Waals surface area contributed by atoms with Crippen LogP contribution in [0.1, 0.15) is 62.4 Å². The molecule has 3 aromatic rings. The molecular formula is C25H29N3O5S. The number of ether oxygens (including phenoxy) is 2. The Morgan fingerprint density at radius 2 is 2.03 bits per heavy atom. The van der Waals surface area contributed by atoms with Crippen LogP contribution in [-0.2, 0) is 9.53 Å². The fourth-order valence-corrected chi connectivity index (χ4v) is 5.36. The van der Waals surface area contributed by atoms with Crippen LogP contribution in [0.2, 0.25) is 0 Å². The van der Waals surface area contributed by atoms with Gasteiger partial charge < -0.3 is 14.8 Å². The van der Waals surface area contributed by atoms with Crippen LogP contribution in [0.25, 0.3) is 16.5 Å². The lowest BCUT2D eigenvalue weighted by atomic mass is 9.86. The number of nitrogens with zero attached hydrogens (tertiary/aromatic N) is 2. The summed E-state index contributed by atoms with van der Waals surface area (Å²) in [6, 6.07) is 6.84. The molecule has 0 spiro atoms. The monoisotopic (exact) mass is 483 g/mol. The van der Waals surface area contributed by atoms with E-state index in [1.807, 2.05) is 0 Å². The first kappa shape index (κ1) is 23.9. The van der Waals surface area contributed by atoms with Crippen molar-refractivity contribution in [3.63, 3.8) is 0 Å². The van der Waals surface area contributed by atoms with Crippen LogP contribution in [-0.4, -0.2) is 35.4 Å². The van der Waals surface area contributed by atoms with Crippen molar-refractivity contribution < 1.29 is 19.1 Å². The maximum atomic E-state index is 13.5. The van der Waals surface area contributed by atoms with Gasteiger partial charge in [0.05, 0.1) is 24.8 Å². The predicted octanol–water partition coefficient (Wildman–Crippen LogP) is 4.93. The van der Waals surface area contributed by atoms with Crippen molar-refractivity contribution in [3.8, 4) is 11.4 Å². The van der Waals surface area contributed by atoms with Gasteiger partial charge in [-0.15, -0.1) is 11.3 Å². The Hall–Kier alpha value is -3.20. The predicted molar refractivity (Wildman–Crippen MR) is 132 cm³/mol. The van der Waals surface area contributed by atoms with E-state index in [9.17, 15) is 14.4 Å². The van der Waals surface area contributed by atoms with E-state index in [2.05, 4.69) is 10.4 Å². The highest BCUT2D eigenvalue weighted by Gasteiger charge is 2.23. The summed E-state index contributed by atoms with van der Waals surface area (Å²) in [5, 5.41) is 9.93. The molecule has 8 nitrogen and oxygen atoms in total. The molecule has 1 fully saturated rings. The summed E-state index contributed by atoms with van der Waals surface area (Å²) >= 11 is 1.21. The van der Waals surface area contributed by atoms with Gasteiger partial charge in [0, 0.05) is 23.3 Å². The lowest BCUT2D eigenvalue weighted by Crippen LogP contribution is -2.25. The highest BCUT2D eigenvalue weighted by atomic mass is 32.1. The Morgan fingerprint density at radius 1 is 1.24 bits per heavy atom. The number of methoxy groups -OCH3 is 1. The van der Waals surface area contributed by atoms with Crippen LogP contribution in [0.15, 0.2) is 34.4 Å². The van der Waals surface area contributed by atoms with Gasteiger partial charge >= 0.3 is 5.97 Å². The number of aromatic nitrogens is 2. The zero-order chi connectivity index (χ0) is 24.1. The Labute approximate surface area is 201 Å². The number of hydrogen-bond donors (Lipinski definition) is 1. The third-order valence-corrected chi connectivity index (χ3v) is 7.07. The van der Waals surface area contributed by atoms with Crippen molar-refractivity contribution in [1.29, 1.82) is 0 Å². The summed E-state index contributed by atoms with van der Waals surface area (Å²) in [6.07, 6.45) is 7.34. The van der Waals surface area contributed by atoms with Crippen molar-refractivity contribution >= 4 is 39.0 Å². The first-order chi connectivity index (χ1) is 16.5. The van der Waals surface area contributed by atoms with Crippen molar-refractivity contribution in [2.45, 2.75) is 51.9 Å². The second-order valence-electron chi connectivity index (χ2n) is 8.43. The van der Waals surface area contributed by atoms with Crippen LogP contribution < -0.4 is 15.6 Å². The first-order valence-corrected chi connectivity index (χ1v) is 12.6. The number of amides is 1. The third kappa shape index (κ3) is 5.14. The molecule has 1 N–H and O–H groups in total. The van der Waals surface area contributed by atoms with Crippen molar-refractivity contribution in [1.82, 2.24) is 9.78 Å². The molecule has 180 valence electrons. The molecule has 34 heavy (non-hydrogen) atoms. The quantitative estimate of drug-likeness (QED) is 0.456. The van der Waals surface area contributed by atoms with Crippen molar-refractivity contribution in [2.75, 3.05) is 19.0 Å².